The Hall–Kier alpha value is -1.81. The van der Waals surface area contributed by atoms with Gasteiger partial charge in [-0.2, -0.15) is 0 Å². The molecular formula is C14H16N4. The van der Waals surface area contributed by atoms with Crippen LogP contribution in [0, 0.1) is 0 Å². The summed E-state index contributed by atoms with van der Waals surface area (Å²) in [5.41, 5.74) is 7.85. The molecule has 2 heterocycles. The van der Waals surface area contributed by atoms with Crippen LogP contribution in [0.1, 0.15) is 25.1 Å². The molecule has 2 aromatic rings. The van der Waals surface area contributed by atoms with Crippen LogP contribution in [0.4, 0.5) is 0 Å². The van der Waals surface area contributed by atoms with E-state index in [0.29, 0.717) is 6.54 Å². The molecule has 0 saturated heterocycles. The standard InChI is InChI=1S/C14H16N4/c15-10-14(5-2-6-14)13-17-8-4-12(18-13)11-3-1-7-16-9-11/h1,3-4,7-9H,2,5-6,10,15H2. The van der Waals surface area contributed by atoms with Gasteiger partial charge in [0, 0.05) is 36.1 Å². The maximum Gasteiger partial charge on any atom is 0.136 e. The summed E-state index contributed by atoms with van der Waals surface area (Å²) in [6, 6.07) is 5.84. The molecule has 1 aliphatic rings. The normalized spacial score (nSPS) is 17.2. The zero-order valence-electron chi connectivity index (χ0n) is 10.2. The monoisotopic (exact) mass is 240 g/mol. The molecule has 4 heteroatoms. The van der Waals surface area contributed by atoms with E-state index in [0.717, 1.165) is 29.9 Å². The van der Waals surface area contributed by atoms with E-state index >= 15 is 0 Å². The number of aromatic nitrogens is 3. The van der Waals surface area contributed by atoms with Crippen LogP contribution in [0.2, 0.25) is 0 Å². The zero-order valence-corrected chi connectivity index (χ0v) is 10.2. The maximum atomic E-state index is 5.90. The predicted molar refractivity (Wildman–Crippen MR) is 69.8 cm³/mol. The fourth-order valence-electron chi connectivity index (χ4n) is 2.41. The van der Waals surface area contributed by atoms with Gasteiger partial charge in [-0.15, -0.1) is 0 Å². The van der Waals surface area contributed by atoms with Gasteiger partial charge in [0.1, 0.15) is 5.82 Å². The van der Waals surface area contributed by atoms with Gasteiger partial charge in [0.25, 0.3) is 0 Å². The maximum absolute atomic E-state index is 5.90. The van der Waals surface area contributed by atoms with E-state index in [1.165, 1.54) is 6.42 Å². The number of hydrogen-bond donors (Lipinski definition) is 1. The summed E-state index contributed by atoms with van der Waals surface area (Å²) in [5, 5.41) is 0. The predicted octanol–water partition coefficient (Wildman–Crippen LogP) is 1.92. The van der Waals surface area contributed by atoms with Gasteiger partial charge >= 0.3 is 0 Å². The first-order valence-electron chi connectivity index (χ1n) is 6.28. The Labute approximate surface area is 106 Å². The van der Waals surface area contributed by atoms with Crippen LogP contribution in [0.5, 0.6) is 0 Å². The molecule has 0 bridgehead atoms. The fraction of sp³-hybridized carbons (Fsp3) is 0.357. The highest BCUT2D eigenvalue weighted by Crippen LogP contribution is 2.41. The topological polar surface area (TPSA) is 64.7 Å². The molecule has 0 radical (unpaired) electrons. The van der Waals surface area contributed by atoms with Gasteiger partial charge in [0.05, 0.1) is 5.69 Å². The van der Waals surface area contributed by atoms with Crippen LogP contribution >= 0.6 is 0 Å². The highest BCUT2D eigenvalue weighted by atomic mass is 14.9. The fourth-order valence-corrected chi connectivity index (χ4v) is 2.41. The lowest BCUT2D eigenvalue weighted by molar-refractivity contribution is 0.238. The minimum absolute atomic E-state index is 0.0121. The Kier molecular flexibility index (Phi) is 2.80. The average Bonchev–Trinajstić information content (AvgIpc) is 2.40. The summed E-state index contributed by atoms with van der Waals surface area (Å²) in [5.74, 6) is 0.887. The lowest BCUT2D eigenvalue weighted by atomic mass is 9.68. The number of hydrogen-bond acceptors (Lipinski definition) is 4. The molecule has 2 N–H and O–H groups in total. The van der Waals surface area contributed by atoms with Gasteiger partial charge in [-0.25, -0.2) is 9.97 Å². The summed E-state index contributed by atoms with van der Waals surface area (Å²) in [6.07, 6.45) is 8.82. The molecule has 1 aliphatic carbocycles. The molecule has 4 nitrogen and oxygen atoms in total. The SMILES string of the molecule is NCC1(c2nccc(-c3cccnc3)n2)CCC1. The van der Waals surface area contributed by atoms with E-state index in [1.54, 1.807) is 6.20 Å². The van der Waals surface area contributed by atoms with E-state index in [9.17, 15) is 0 Å². The van der Waals surface area contributed by atoms with E-state index in [2.05, 4.69) is 15.0 Å². The summed E-state index contributed by atoms with van der Waals surface area (Å²) in [7, 11) is 0. The van der Waals surface area contributed by atoms with Crippen LogP contribution in [0.25, 0.3) is 11.3 Å². The second-order valence-electron chi connectivity index (χ2n) is 4.85. The molecule has 0 spiro atoms. The zero-order chi connectivity index (χ0) is 12.4. The largest absolute Gasteiger partial charge is 0.329 e. The van der Waals surface area contributed by atoms with Crippen molar-refractivity contribution >= 4 is 0 Å². The second kappa shape index (κ2) is 4.46. The summed E-state index contributed by atoms with van der Waals surface area (Å²) in [4.78, 5) is 13.2. The lowest BCUT2D eigenvalue weighted by Crippen LogP contribution is -2.43. The molecule has 0 unspecified atom stereocenters. The Bertz CT molecular complexity index is 529. The highest BCUT2D eigenvalue weighted by molar-refractivity contribution is 5.57. The van der Waals surface area contributed by atoms with Gasteiger partial charge < -0.3 is 5.73 Å². The average molecular weight is 240 g/mol. The molecule has 0 atom stereocenters. The van der Waals surface area contributed by atoms with Crippen molar-refractivity contribution in [3.8, 4) is 11.3 Å². The minimum Gasteiger partial charge on any atom is -0.329 e. The van der Waals surface area contributed by atoms with Gasteiger partial charge in [-0.05, 0) is 31.0 Å². The Morgan fingerprint density at radius 3 is 2.72 bits per heavy atom. The molecule has 18 heavy (non-hydrogen) atoms. The van der Waals surface area contributed by atoms with Crippen molar-refractivity contribution in [1.82, 2.24) is 15.0 Å². The van der Waals surface area contributed by atoms with Crippen molar-refractivity contribution in [2.75, 3.05) is 6.54 Å². The van der Waals surface area contributed by atoms with Gasteiger partial charge in [-0.3, -0.25) is 4.98 Å². The Morgan fingerprint density at radius 2 is 2.11 bits per heavy atom. The molecule has 3 rings (SSSR count). The molecule has 0 aliphatic heterocycles. The third kappa shape index (κ3) is 1.78. The van der Waals surface area contributed by atoms with Crippen LogP contribution in [0.3, 0.4) is 0 Å². The molecular weight excluding hydrogens is 224 g/mol. The second-order valence-corrected chi connectivity index (χ2v) is 4.85. The van der Waals surface area contributed by atoms with Crippen LogP contribution in [0.15, 0.2) is 36.8 Å². The molecule has 92 valence electrons. The number of pyridine rings is 1. The van der Waals surface area contributed by atoms with Crippen LogP contribution < -0.4 is 5.73 Å². The van der Waals surface area contributed by atoms with Gasteiger partial charge in [0.15, 0.2) is 0 Å². The first kappa shape index (κ1) is 11.3. The number of rotatable bonds is 3. The van der Waals surface area contributed by atoms with Crippen molar-refractivity contribution in [3.63, 3.8) is 0 Å². The molecule has 1 fully saturated rings. The smallest absolute Gasteiger partial charge is 0.136 e. The molecule has 2 aromatic heterocycles. The molecule has 0 amide bonds. The first-order valence-corrected chi connectivity index (χ1v) is 6.28. The first-order chi connectivity index (χ1) is 8.84. The van der Waals surface area contributed by atoms with Crippen molar-refractivity contribution in [2.45, 2.75) is 24.7 Å². The minimum atomic E-state index is 0.0121. The third-order valence-corrected chi connectivity index (χ3v) is 3.79. The van der Waals surface area contributed by atoms with Crippen molar-refractivity contribution in [3.05, 3.63) is 42.6 Å². The van der Waals surface area contributed by atoms with Crippen molar-refractivity contribution in [2.24, 2.45) is 5.73 Å². The molecule has 0 aromatic carbocycles. The van der Waals surface area contributed by atoms with Gasteiger partial charge in [0.2, 0.25) is 0 Å². The van der Waals surface area contributed by atoms with Crippen LogP contribution in [-0.4, -0.2) is 21.5 Å². The summed E-state index contributed by atoms with van der Waals surface area (Å²) >= 11 is 0. The quantitative estimate of drug-likeness (QED) is 0.890. The number of nitrogens with two attached hydrogens (primary N) is 1. The third-order valence-electron chi connectivity index (χ3n) is 3.79. The van der Waals surface area contributed by atoms with E-state index in [1.807, 2.05) is 30.6 Å². The van der Waals surface area contributed by atoms with Crippen molar-refractivity contribution < 1.29 is 0 Å². The summed E-state index contributed by atoms with van der Waals surface area (Å²) < 4.78 is 0. The van der Waals surface area contributed by atoms with Crippen LogP contribution in [-0.2, 0) is 5.41 Å². The lowest BCUT2D eigenvalue weighted by Gasteiger charge is -2.39. The van der Waals surface area contributed by atoms with Gasteiger partial charge in [-0.1, -0.05) is 6.42 Å². The Balaban J connectivity index is 1.99. The van der Waals surface area contributed by atoms with E-state index in [4.69, 9.17) is 5.73 Å². The highest BCUT2D eigenvalue weighted by Gasteiger charge is 2.40. The Morgan fingerprint density at radius 1 is 1.22 bits per heavy atom. The summed E-state index contributed by atoms with van der Waals surface area (Å²) in [6.45, 7) is 0.628. The number of nitrogens with zero attached hydrogens (tertiary/aromatic N) is 3. The molecule has 1 saturated carbocycles. The van der Waals surface area contributed by atoms with Crippen molar-refractivity contribution in [1.29, 1.82) is 0 Å². The van der Waals surface area contributed by atoms with E-state index < -0.39 is 0 Å². The van der Waals surface area contributed by atoms with E-state index in [-0.39, 0.29) is 5.41 Å².